The molecule has 0 amide bonds. The van der Waals surface area contributed by atoms with E-state index in [9.17, 15) is 0 Å². The molecule has 1 aromatic carbocycles. The molecule has 1 heteroatoms. The van der Waals surface area contributed by atoms with Gasteiger partial charge in [-0.2, -0.15) is 0 Å². The predicted octanol–water partition coefficient (Wildman–Crippen LogP) is 4.91. The lowest BCUT2D eigenvalue weighted by Crippen LogP contribution is -2.12. The number of hydrogen-bond acceptors (Lipinski definition) is 1. The van der Waals surface area contributed by atoms with E-state index in [2.05, 4.69) is 49.3 Å². The average molecular weight is 261 g/mol. The lowest BCUT2D eigenvalue weighted by Gasteiger charge is -2.08. The van der Waals surface area contributed by atoms with Gasteiger partial charge in [0.05, 0.1) is 0 Å². The van der Waals surface area contributed by atoms with Gasteiger partial charge < -0.3 is 4.90 Å². The first-order valence-corrected chi connectivity index (χ1v) is 7.97. The second kappa shape index (κ2) is 11.0. The Morgan fingerprint density at radius 3 is 1.79 bits per heavy atom. The Balaban J connectivity index is 1.81. The van der Waals surface area contributed by atoms with Gasteiger partial charge in [-0.1, -0.05) is 68.9 Å². The Labute approximate surface area is 120 Å². The number of aryl methyl sites for hydroxylation is 1. The number of nitrogens with zero attached hydrogens (tertiary/aromatic N) is 1. The summed E-state index contributed by atoms with van der Waals surface area (Å²) < 4.78 is 0. The van der Waals surface area contributed by atoms with Crippen LogP contribution in [0.2, 0.25) is 0 Å². The quantitative estimate of drug-likeness (QED) is 0.511. The van der Waals surface area contributed by atoms with Gasteiger partial charge in [0.2, 0.25) is 0 Å². The molecule has 0 fully saturated rings. The lowest BCUT2D eigenvalue weighted by molar-refractivity contribution is 0.389. The van der Waals surface area contributed by atoms with Crippen LogP contribution >= 0.6 is 0 Å². The minimum Gasteiger partial charge on any atom is -0.309 e. The summed E-state index contributed by atoms with van der Waals surface area (Å²) in [6.07, 6.45) is 12.5. The van der Waals surface area contributed by atoms with Crippen molar-refractivity contribution < 1.29 is 0 Å². The van der Waals surface area contributed by atoms with E-state index in [-0.39, 0.29) is 0 Å². The molecule has 108 valence electrons. The highest BCUT2D eigenvalue weighted by Crippen LogP contribution is 2.11. The van der Waals surface area contributed by atoms with Crippen LogP contribution in [0.1, 0.15) is 56.9 Å². The van der Waals surface area contributed by atoms with Crippen molar-refractivity contribution in [1.29, 1.82) is 0 Å². The third-order valence-corrected chi connectivity index (χ3v) is 3.66. The van der Waals surface area contributed by atoms with Crippen molar-refractivity contribution in [1.82, 2.24) is 4.90 Å². The molecular formula is C18H31N. The molecule has 19 heavy (non-hydrogen) atoms. The third-order valence-electron chi connectivity index (χ3n) is 3.66. The maximum atomic E-state index is 2.28. The van der Waals surface area contributed by atoms with E-state index < -0.39 is 0 Å². The van der Waals surface area contributed by atoms with E-state index in [4.69, 9.17) is 0 Å². The fraction of sp³-hybridized carbons (Fsp3) is 0.667. The molecule has 0 saturated heterocycles. The van der Waals surface area contributed by atoms with Crippen LogP contribution in [0, 0.1) is 0 Å². The lowest BCUT2D eigenvalue weighted by atomic mass is 10.0. The summed E-state index contributed by atoms with van der Waals surface area (Å²) in [5.41, 5.74) is 1.49. The summed E-state index contributed by atoms with van der Waals surface area (Å²) in [6.45, 7) is 1.25. The summed E-state index contributed by atoms with van der Waals surface area (Å²) in [7, 11) is 4.32. The Morgan fingerprint density at radius 2 is 1.21 bits per heavy atom. The third kappa shape index (κ3) is 9.72. The highest BCUT2D eigenvalue weighted by atomic mass is 15.0. The Morgan fingerprint density at radius 1 is 0.684 bits per heavy atom. The van der Waals surface area contributed by atoms with Crippen molar-refractivity contribution in [2.75, 3.05) is 20.6 Å². The fourth-order valence-corrected chi connectivity index (χ4v) is 2.46. The minimum absolute atomic E-state index is 1.25. The van der Waals surface area contributed by atoms with Gasteiger partial charge in [0.1, 0.15) is 0 Å². The summed E-state index contributed by atoms with van der Waals surface area (Å²) in [5, 5.41) is 0. The highest BCUT2D eigenvalue weighted by molar-refractivity contribution is 5.14. The standard InChI is InChI=1S/C18H31N/c1-19(2)17-13-8-6-4-3-5-7-10-14-18-15-11-9-12-16-18/h9,11-12,15-16H,3-8,10,13-14,17H2,1-2H3. The van der Waals surface area contributed by atoms with Gasteiger partial charge in [-0.15, -0.1) is 0 Å². The van der Waals surface area contributed by atoms with Crippen molar-refractivity contribution in [3.05, 3.63) is 35.9 Å². The Bertz CT molecular complexity index is 292. The van der Waals surface area contributed by atoms with E-state index in [1.807, 2.05) is 0 Å². The van der Waals surface area contributed by atoms with Gasteiger partial charge in [0.15, 0.2) is 0 Å². The van der Waals surface area contributed by atoms with Gasteiger partial charge in [0, 0.05) is 0 Å². The first-order chi connectivity index (χ1) is 9.29. The molecule has 0 aromatic heterocycles. The zero-order valence-electron chi connectivity index (χ0n) is 12.9. The average Bonchev–Trinajstić information content (AvgIpc) is 2.42. The second-order valence-corrected chi connectivity index (χ2v) is 5.87. The molecule has 0 saturated carbocycles. The van der Waals surface area contributed by atoms with E-state index in [0.717, 1.165) is 0 Å². The van der Waals surface area contributed by atoms with E-state index in [1.54, 1.807) is 0 Å². The molecule has 1 nitrogen and oxygen atoms in total. The van der Waals surface area contributed by atoms with Crippen LogP contribution in [-0.4, -0.2) is 25.5 Å². The van der Waals surface area contributed by atoms with E-state index in [0.29, 0.717) is 0 Å². The van der Waals surface area contributed by atoms with Crippen molar-refractivity contribution in [2.45, 2.75) is 57.8 Å². The van der Waals surface area contributed by atoms with Gasteiger partial charge >= 0.3 is 0 Å². The first-order valence-electron chi connectivity index (χ1n) is 7.97. The monoisotopic (exact) mass is 261 g/mol. The SMILES string of the molecule is CN(C)CCCCCCCCCCc1ccccc1. The topological polar surface area (TPSA) is 3.24 Å². The second-order valence-electron chi connectivity index (χ2n) is 5.87. The number of rotatable bonds is 11. The summed E-state index contributed by atoms with van der Waals surface area (Å²) >= 11 is 0. The highest BCUT2D eigenvalue weighted by Gasteiger charge is 1.95. The minimum atomic E-state index is 1.25. The molecule has 0 spiro atoms. The van der Waals surface area contributed by atoms with Crippen LogP contribution in [0.3, 0.4) is 0 Å². The molecular weight excluding hydrogens is 230 g/mol. The smallest absolute Gasteiger partial charge is 0.00248 e. The van der Waals surface area contributed by atoms with E-state index >= 15 is 0 Å². The van der Waals surface area contributed by atoms with Crippen LogP contribution in [-0.2, 0) is 6.42 Å². The van der Waals surface area contributed by atoms with Crippen LogP contribution in [0.15, 0.2) is 30.3 Å². The fourth-order valence-electron chi connectivity index (χ4n) is 2.46. The van der Waals surface area contributed by atoms with Crippen LogP contribution in [0.25, 0.3) is 0 Å². The van der Waals surface area contributed by atoms with Gasteiger partial charge in [-0.05, 0) is 45.5 Å². The Hall–Kier alpha value is -0.820. The van der Waals surface area contributed by atoms with Crippen LogP contribution in [0.4, 0.5) is 0 Å². The van der Waals surface area contributed by atoms with Crippen molar-refractivity contribution >= 4 is 0 Å². The largest absolute Gasteiger partial charge is 0.309 e. The maximum Gasteiger partial charge on any atom is -0.00248 e. The van der Waals surface area contributed by atoms with Crippen molar-refractivity contribution in [3.63, 3.8) is 0 Å². The molecule has 0 aliphatic rings. The van der Waals surface area contributed by atoms with Crippen LogP contribution < -0.4 is 0 Å². The molecule has 0 heterocycles. The summed E-state index contributed by atoms with van der Waals surface area (Å²) in [5.74, 6) is 0. The number of benzene rings is 1. The molecule has 0 radical (unpaired) electrons. The number of hydrogen-bond donors (Lipinski definition) is 0. The molecule has 0 unspecified atom stereocenters. The molecule has 1 rings (SSSR count). The normalized spacial score (nSPS) is 11.1. The maximum absolute atomic E-state index is 2.28. The number of unbranched alkanes of at least 4 members (excludes halogenated alkanes) is 7. The summed E-state index contributed by atoms with van der Waals surface area (Å²) in [6, 6.07) is 10.9. The van der Waals surface area contributed by atoms with Crippen molar-refractivity contribution in [3.8, 4) is 0 Å². The Kier molecular flexibility index (Phi) is 9.44. The molecule has 1 aromatic rings. The predicted molar refractivity (Wildman–Crippen MR) is 85.6 cm³/mol. The molecule has 0 atom stereocenters. The zero-order valence-corrected chi connectivity index (χ0v) is 12.9. The molecule has 0 N–H and O–H groups in total. The van der Waals surface area contributed by atoms with Gasteiger partial charge in [-0.25, -0.2) is 0 Å². The summed E-state index contributed by atoms with van der Waals surface area (Å²) in [4.78, 5) is 2.28. The van der Waals surface area contributed by atoms with Crippen LogP contribution in [0.5, 0.6) is 0 Å². The van der Waals surface area contributed by atoms with Crippen molar-refractivity contribution in [2.24, 2.45) is 0 Å². The van der Waals surface area contributed by atoms with E-state index in [1.165, 1.54) is 69.9 Å². The first kappa shape index (κ1) is 16.2. The molecule has 0 aliphatic heterocycles. The van der Waals surface area contributed by atoms with Gasteiger partial charge in [0.25, 0.3) is 0 Å². The zero-order chi connectivity index (χ0) is 13.8. The van der Waals surface area contributed by atoms with Gasteiger partial charge in [-0.3, -0.25) is 0 Å². The molecule has 0 bridgehead atoms. The molecule has 0 aliphatic carbocycles.